The van der Waals surface area contributed by atoms with Gasteiger partial charge in [0.2, 0.25) is 0 Å². The number of carbonyl (C=O) groups is 1. The molecule has 1 atom stereocenters. The van der Waals surface area contributed by atoms with E-state index in [1.807, 2.05) is 0 Å². The number of alkyl halides is 5. The molecule has 12 heteroatoms. The summed E-state index contributed by atoms with van der Waals surface area (Å²) in [6.07, 6.45) is -1.47. The Kier molecular flexibility index (Phi) is 7.73. The Morgan fingerprint density at radius 2 is 1.88 bits per heavy atom. The number of aromatic nitrogens is 1. The molecule has 0 spiro atoms. The zero-order chi connectivity index (χ0) is 23.5. The van der Waals surface area contributed by atoms with Crippen molar-refractivity contribution >= 4 is 28.4 Å². The van der Waals surface area contributed by atoms with Crippen LogP contribution in [-0.4, -0.2) is 53.5 Å². The number of hydrogen-bond acceptors (Lipinski definition) is 5. The highest BCUT2D eigenvalue weighted by Crippen LogP contribution is 2.31. The molecule has 1 aromatic carbocycles. The maximum Gasteiger partial charge on any atom is 0.406 e. The Morgan fingerprint density at radius 3 is 2.47 bits per heavy atom. The lowest BCUT2D eigenvalue weighted by molar-refractivity contribution is -0.166. The Bertz CT molecular complexity index is 958. The second kappa shape index (κ2) is 10.1. The van der Waals surface area contributed by atoms with Gasteiger partial charge in [-0.3, -0.25) is 9.78 Å². The van der Waals surface area contributed by atoms with Crippen molar-refractivity contribution in [3.8, 4) is 5.75 Å². The number of rotatable bonds is 7. The number of amides is 1. The predicted molar refractivity (Wildman–Crippen MR) is 109 cm³/mol. The van der Waals surface area contributed by atoms with Crippen LogP contribution in [0.2, 0.25) is 5.02 Å². The van der Waals surface area contributed by atoms with Gasteiger partial charge in [0.05, 0.1) is 22.7 Å². The summed E-state index contributed by atoms with van der Waals surface area (Å²) in [5.74, 6) is -0.637. The molecular formula is C20H23ClF5N3O3. The average molecular weight is 484 g/mol. The first-order valence-electron chi connectivity index (χ1n) is 9.85. The quantitative estimate of drug-likeness (QED) is 0.512. The minimum Gasteiger partial charge on any atom is -0.433 e. The van der Waals surface area contributed by atoms with Gasteiger partial charge in [-0.2, -0.15) is 22.0 Å². The van der Waals surface area contributed by atoms with Crippen molar-refractivity contribution in [3.63, 3.8) is 0 Å². The molecule has 1 heterocycles. The van der Waals surface area contributed by atoms with E-state index in [0.29, 0.717) is 36.6 Å². The lowest BCUT2D eigenvalue weighted by atomic mass is 9.90. The molecule has 32 heavy (non-hydrogen) atoms. The molecular weight excluding hydrogens is 461 g/mol. The van der Waals surface area contributed by atoms with Crippen molar-refractivity contribution in [1.29, 1.82) is 0 Å². The van der Waals surface area contributed by atoms with Crippen molar-refractivity contribution in [3.05, 3.63) is 35.0 Å². The van der Waals surface area contributed by atoms with Crippen molar-refractivity contribution in [2.45, 2.75) is 56.6 Å². The maximum absolute atomic E-state index is 12.8. The standard InChI is InChI=1S/C20H21ClF5N3O3.H2/c21-14-6-10-5-11(8-27-15(10)7-16(14)32-19(22)23)18(31)29-13-3-1-12(2-4-13)28-17(9-30)20(24,25)26;/h5-8,12-13,17,19,28,30H,1-4,9H2,(H,29,31);1H/t12?,13?,17-;/m1./s1. The van der Waals surface area contributed by atoms with Crippen LogP contribution in [0.25, 0.3) is 10.9 Å². The van der Waals surface area contributed by atoms with E-state index in [1.165, 1.54) is 24.4 Å². The number of nitrogens with zero attached hydrogens (tertiary/aromatic N) is 1. The molecule has 0 aliphatic heterocycles. The number of aliphatic hydroxyl groups is 1. The van der Waals surface area contributed by atoms with Gasteiger partial charge in [0.1, 0.15) is 11.8 Å². The van der Waals surface area contributed by atoms with Crippen molar-refractivity contribution in [2.24, 2.45) is 0 Å². The fourth-order valence-corrected chi connectivity index (χ4v) is 3.86. The minimum absolute atomic E-state index is 0. The van der Waals surface area contributed by atoms with Gasteiger partial charge >= 0.3 is 12.8 Å². The van der Waals surface area contributed by atoms with Gasteiger partial charge in [-0.1, -0.05) is 11.6 Å². The molecule has 0 bridgehead atoms. The lowest BCUT2D eigenvalue weighted by Crippen LogP contribution is -2.51. The molecule has 0 unspecified atom stereocenters. The number of hydrogen-bond donors (Lipinski definition) is 3. The molecule has 0 radical (unpaired) electrons. The smallest absolute Gasteiger partial charge is 0.406 e. The van der Waals surface area contributed by atoms with Crippen molar-refractivity contribution in [1.82, 2.24) is 15.6 Å². The largest absolute Gasteiger partial charge is 0.433 e. The van der Waals surface area contributed by atoms with Gasteiger partial charge in [-0.05, 0) is 37.8 Å². The van der Waals surface area contributed by atoms with Gasteiger partial charge in [0.25, 0.3) is 5.91 Å². The van der Waals surface area contributed by atoms with E-state index in [-0.39, 0.29) is 23.8 Å². The van der Waals surface area contributed by atoms with E-state index in [4.69, 9.17) is 16.7 Å². The third-order valence-corrected chi connectivity index (χ3v) is 5.59. The fourth-order valence-electron chi connectivity index (χ4n) is 3.65. The third kappa shape index (κ3) is 6.17. The van der Waals surface area contributed by atoms with Crippen LogP contribution in [0.3, 0.4) is 0 Å². The Hall–Kier alpha value is -2.24. The number of carbonyl (C=O) groups excluding carboxylic acids is 1. The van der Waals surface area contributed by atoms with Crippen LogP contribution in [0, 0.1) is 0 Å². The maximum atomic E-state index is 12.8. The van der Waals surface area contributed by atoms with Gasteiger partial charge < -0.3 is 20.5 Å². The first-order chi connectivity index (χ1) is 15.1. The lowest BCUT2D eigenvalue weighted by Gasteiger charge is -2.32. The number of aliphatic hydroxyl groups excluding tert-OH is 1. The second-order valence-electron chi connectivity index (χ2n) is 7.54. The number of fused-ring (bicyclic) bond motifs is 1. The van der Waals surface area contributed by atoms with E-state index in [0.717, 1.165) is 0 Å². The normalized spacial score (nSPS) is 20.4. The first kappa shape index (κ1) is 24.4. The molecule has 6 nitrogen and oxygen atoms in total. The topological polar surface area (TPSA) is 83.5 Å². The predicted octanol–water partition coefficient (Wildman–Crippen LogP) is 4.29. The zero-order valence-corrected chi connectivity index (χ0v) is 17.4. The summed E-state index contributed by atoms with van der Waals surface area (Å²) < 4.78 is 67.6. The summed E-state index contributed by atoms with van der Waals surface area (Å²) in [5, 5.41) is 14.6. The molecule has 3 N–H and O–H groups in total. The van der Waals surface area contributed by atoms with Crippen LogP contribution in [0.4, 0.5) is 22.0 Å². The van der Waals surface area contributed by atoms with Crippen molar-refractivity contribution in [2.75, 3.05) is 6.61 Å². The van der Waals surface area contributed by atoms with Crippen LogP contribution in [-0.2, 0) is 0 Å². The Labute approximate surface area is 186 Å². The van der Waals surface area contributed by atoms with Crippen LogP contribution < -0.4 is 15.4 Å². The SMILES string of the molecule is O=C(NC1CCC(N[C@H](CO)C(F)(F)F)CC1)c1cnc2cc(OC(F)F)c(Cl)cc2c1.[HH]. The van der Waals surface area contributed by atoms with Gasteiger partial charge in [-0.25, -0.2) is 0 Å². The van der Waals surface area contributed by atoms with E-state index >= 15 is 0 Å². The summed E-state index contributed by atoms with van der Waals surface area (Å²) in [4.78, 5) is 16.7. The summed E-state index contributed by atoms with van der Waals surface area (Å²) >= 11 is 5.94. The van der Waals surface area contributed by atoms with E-state index in [2.05, 4.69) is 20.4 Å². The fraction of sp³-hybridized carbons (Fsp3) is 0.500. The van der Waals surface area contributed by atoms with Gasteiger partial charge in [0, 0.05) is 31.2 Å². The molecule has 1 saturated carbocycles. The molecule has 3 rings (SSSR count). The van der Waals surface area contributed by atoms with Crippen LogP contribution in [0.1, 0.15) is 37.5 Å². The Balaban J connectivity index is 0.00000385. The third-order valence-electron chi connectivity index (χ3n) is 5.29. The van der Waals surface area contributed by atoms with Crippen LogP contribution >= 0.6 is 11.6 Å². The van der Waals surface area contributed by atoms with E-state index in [9.17, 15) is 26.7 Å². The average Bonchev–Trinajstić information content (AvgIpc) is 2.72. The number of ether oxygens (including phenoxy) is 1. The van der Waals surface area contributed by atoms with Crippen LogP contribution in [0.5, 0.6) is 5.75 Å². The van der Waals surface area contributed by atoms with Crippen LogP contribution in [0.15, 0.2) is 24.4 Å². The summed E-state index contributed by atoms with van der Waals surface area (Å²) in [5.41, 5.74) is 0.546. The molecule has 1 aromatic heterocycles. The monoisotopic (exact) mass is 483 g/mol. The number of benzene rings is 1. The number of nitrogens with one attached hydrogen (secondary N) is 2. The van der Waals surface area contributed by atoms with Crippen molar-refractivity contribution < 1.29 is 38.0 Å². The molecule has 1 fully saturated rings. The second-order valence-corrected chi connectivity index (χ2v) is 7.95. The summed E-state index contributed by atoms with van der Waals surface area (Å²) in [7, 11) is 0. The number of pyridine rings is 1. The van der Waals surface area contributed by atoms with E-state index < -0.39 is 37.4 Å². The van der Waals surface area contributed by atoms with Gasteiger partial charge in [0.15, 0.2) is 0 Å². The summed E-state index contributed by atoms with van der Waals surface area (Å²) in [6.45, 7) is -4.07. The Morgan fingerprint density at radius 1 is 1.22 bits per heavy atom. The highest BCUT2D eigenvalue weighted by molar-refractivity contribution is 6.32. The molecule has 1 amide bonds. The van der Waals surface area contributed by atoms with E-state index in [1.54, 1.807) is 0 Å². The van der Waals surface area contributed by atoms with Gasteiger partial charge in [-0.15, -0.1) is 0 Å². The number of halogens is 6. The molecule has 1 aliphatic rings. The minimum atomic E-state index is -4.53. The molecule has 2 aromatic rings. The first-order valence-corrected chi connectivity index (χ1v) is 10.2. The zero-order valence-electron chi connectivity index (χ0n) is 16.6. The molecule has 178 valence electrons. The molecule has 1 aliphatic carbocycles. The highest BCUT2D eigenvalue weighted by atomic mass is 35.5. The summed E-state index contributed by atoms with van der Waals surface area (Å²) in [6, 6.07) is 1.53. The molecule has 0 saturated heterocycles. The highest BCUT2D eigenvalue weighted by Gasteiger charge is 2.40.